The first-order chi connectivity index (χ1) is 7.93. The fourth-order valence-corrected chi connectivity index (χ4v) is 4.62. The van der Waals surface area contributed by atoms with Gasteiger partial charge in [0.2, 0.25) is 0 Å². The van der Waals surface area contributed by atoms with Crippen LogP contribution in [-0.2, 0) is 4.74 Å². The Morgan fingerprint density at radius 2 is 2.00 bits per heavy atom. The van der Waals surface area contributed by atoms with Crippen molar-refractivity contribution < 1.29 is 4.74 Å². The summed E-state index contributed by atoms with van der Waals surface area (Å²) in [5.74, 6) is 4.27. The molecule has 4 rings (SSSR count). The van der Waals surface area contributed by atoms with Crippen molar-refractivity contribution in [1.29, 1.82) is 0 Å². The molecule has 3 saturated carbocycles. The van der Waals surface area contributed by atoms with Crippen LogP contribution >= 0.6 is 0 Å². The first-order valence-corrected chi connectivity index (χ1v) is 6.99. The number of rotatable bonds is 3. The van der Waals surface area contributed by atoms with E-state index in [2.05, 4.69) is 10.6 Å². The maximum absolute atomic E-state index is 5.72. The minimum Gasteiger partial charge on any atom is -0.374 e. The standard InChI is InChI=1S/C13H22N2O/c1-2-9-5-8(1)11-12(9)13(11)15-7-10-6-14-3-4-16-10/h8-15H,1-7H2. The molecule has 5 atom stereocenters. The zero-order valence-corrected chi connectivity index (χ0v) is 9.82. The Morgan fingerprint density at radius 1 is 1.19 bits per heavy atom. The molecule has 3 nitrogen and oxygen atoms in total. The summed E-state index contributed by atoms with van der Waals surface area (Å²) in [7, 11) is 0. The molecule has 0 aromatic carbocycles. The maximum Gasteiger partial charge on any atom is 0.0824 e. The van der Waals surface area contributed by atoms with Gasteiger partial charge in [-0.05, 0) is 42.9 Å². The third-order valence-electron chi connectivity index (χ3n) is 5.32. The minimum absolute atomic E-state index is 0.410. The van der Waals surface area contributed by atoms with Crippen LogP contribution in [-0.4, -0.2) is 38.4 Å². The van der Waals surface area contributed by atoms with Crippen LogP contribution in [0.1, 0.15) is 19.3 Å². The SMILES string of the molecule is C1COC(CNC2C3C4CCC(C4)C23)CN1. The Bertz CT molecular complexity index is 261. The monoisotopic (exact) mass is 222 g/mol. The van der Waals surface area contributed by atoms with Gasteiger partial charge in [0.15, 0.2) is 0 Å². The molecule has 2 bridgehead atoms. The lowest BCUT2D eigenvalue weighted by Gasteiger charge is -2.24. The van der Waals surface area contributed by atoms with E-state index in [1.165, 1.54) is 12.8 Å². The smallest absolute Gasteiger partial charge is 0.0824 e. The average Bonchev–Trinajstić information content (AvgIpc) is 2.72. The van der Waals surface area contributed by atoms with Crippen molar-refractivity contribution >= 4 is 0 Å². The summed E-state index contributed by atoms with van der Waals surface area (Å²) in [5.41, 5.74) is 0. The molecule has 1 aliphatic heterocycles. The Balaban J connectivity index is 1.28. The third-order valence-corrected chi connectivity index (χ3v) is 5.32. The second-order valence-electron chi connectivity index (χ2n) is 6.12. The van der Waals surface area contributed by atoms with Gasteiger partial charge in [0, 0.05) is 25.7 Å². The zero-order chi connectivity index (χ0) is 10.5. The van der Waals surface area contributed by atoms with E-state index in [1.807, 2.05) is 0 Å². The first-order valence-electron chi connectivity index (χ1n) is 6.99. The van der Waals surface area contributed by atoms with Gasteiger partial charge in [0.25, 0.3) is 0 Å². The van der Waals surface area contributed by atoms with Crippen molar-refractivity contribution in [3.63, 3.8) is 0 Å². The summed E-state index contributed by atoms with van der Waals surface area (Å²) in [4.78, 5) is 0. The minimum atomic E-state index is 0.410. The number of hydrogen-bond donors (Lipinski definition) is 2. The highest BCUT2D eigenvalue weighted by Gasteiger charge is 2.64. The fourth-order valence-electron chi connectivity index (χ4n) is 4.62. The van der Waals surface area contributed by atoms with E-state index in [4.69, 9.17) is 4.74 Å². The van der Waals surface area contributed by atoms with Crippen molar-refractivity contribution in [1.82, 2.24) is 10.6 Å². The predicted octanol–water partition coefficient (Wildman–Crippen LogP) is 0.609. The lowest BCUT2D eigenvalue weighted by Crippen LogP contribution is -2.45. The number of hydrogen-bond acceptors (Lipinski definition) is 3. The summed E-state index contributed by atoms with van der Waals surface area (Å²) >= 11 is 0. The second-order valence-corrected chi connectivity index (χ2v) is 6.12. The number of nitrogens with one attached hydrogen (secondary N) is 2. The molecule has 3 heteroatoms. The molecular weight excluding hydrogens is 200 g/mol. The van der Waals surface area contributed by atoms with Gasteiger partial charge < -0.3 is 15.4 Å². The topological polar surface area (TPSA) is 33.3 Å². The molecule has 90 valence electrons. The molecule has 2 N–H and O–H groups in total. The number of morpholine rings is 1. The molecule has 0 radical (unpaired) electrons. The highest BCUT2D eigenvalue weighted by atomic mass is 16.5. The van der Waals surface area contributed by atoms with Crippen LogP contribution in [0, 0.1) is 23.7 Å². The predicted molar refractivity (Wildman–Crippen MR) is 62.2 cm³/mol. The zero-order valence-electron chi connectivity index (χ0n) is 9.82. The van der Waals surface area contributed by atoms with E-state index in [0.717, 1.165) is 56.0 Å². The molecule has 0 amide bonds. The van der Waals surface area contributed by atoms with Gasteiger partial charge in [-0.25, -0.2) is 0 Å². The van der Waals surface area contributed by atoms with Crippen molar-refractivity contribution in [2.24, 2.45) is 23.7 Å². The van der Waals surface area contributed by atoms with Gasteiger partial charge in [-0.2, -0.15) is 0 Å². The van der Waals surface area contributed by atoms with Gasteiger partial charge in [-0.15, -0.1) is 0 Å². The van der Waals surface area contributed by atoms with Crippen LogP contribution in [0.3, 0.4) is 0 Å². The third kappa shape index (κ3) is 1.45. The Morgan fingerprint density at radius 3 is 2.69 bits per heavy atom. The molecule has 4 aliphatic rings. The normalized spacial score (nSPS) is 54.0. The molecule has 16 heavy (non-hydrogen) atoms. The van der Waals surface area contributed by atoms with E-state index < -0.39 is 0 Å². The highest BCUT2D eigenvalue weighted by molar-refractivity contribution is 5.16. The van der Waals surface area contributed by atoms with E-state index >= 15 is 0 Å². The van der Waals surface area contributed by atoms with Gasteiger partial charge in [-0.3, -0.25) is 0 Å². The second kappa shape index (κ2) is 3.69. The number of ether oxygens (including phenoxy) is 1. The van der Waals surface area contributed by atoms with Crippen molar-refractivity contribution in [2.75, 3.05) is 26.2 Å². The van der Waals surface area contributed by atoms with Crippen molar-refractivity contribution in [2.45, 2.75) is 31.4 Å². The summed E-state index contributed by atoms with van der Waals surface area (Å²) < 4.78 is 5.72. The molecule has 0 spiro atoms. The summed E-state index contributed by atoms with van der Waals surface area (Å²) in [6, 6.07) is 0.858. The summed E-state index contributed by atoms with van der Waals surface area (Å²) in [6.07, 6.45) is 5.00. The maximum atomic E-state index is 5.72. The van der Waals surface area contributed by atoms with Gasteiger partial charge >= 0.3 is 0 Å². The Kier molecular flexibility index (Phi) is 2.27. The van der Waals surface area contributed by atoms with Crippen molar-refractivity contribution in [3.8, 4) is 0 Å². The van der Waals surface area contributed by atoms with E-state index in [9.17, 15) is 0 Å². The molecule has 4 fully saturated rings. The summed E-state index contributed by atoms with van der Waals surface area (Å²) in [6.45, 7) is 4.00. The van der Waals surface area contributed by atoms with Gasteiger partial charge in [0.1, 0.15) is 0 Å². The van der Waals surface area contributed by atoms with Gasteiger partial charge in [-0.1, -0.05) is 0 Å². The Hall–Kier alpha value is -0.120. The molecular formula is C13H22N2O. The van der Waals surface area contributed by atoms with E-state index in [-0.39, 0.29) is 0 Å². The first kappa shape index (κ1) is 9.86. The van der Waals surface area contributed by atoms with Crippen LogP contribution in [0.5, 0.6) is 0 Å². The molecule has 0 aromatic heterocycles. The lowest BCUT2D eigenvalue weighted by atomic mass is 10.0. The van der Waals surface area contributed by atoms with Crippen LogP contribution in [0.15, 0.2) is 0 Å². The Labute approximate surface area is 97.3 Å². The quantitative estimate of drug-likeness (QED) is 0.734. The summed E-state index contributed by atoms with van der Waals surface area (Å²) in [5, 5.41) is 7.16. The molecule has 3 aliphatic carbocycles. The van der Waals surface area contributed by atoms with Crippen LogP contribution < -0.4 is 10.6 Å². The van der Waals surface area contributed by atoms with Crippen LogP contribution in [0.4, 0.5) is 0 Å². The van der Waals surface area contributed by atoms with E-state index in [1.54, 1.807) is 6.42 Å². The van der Waals surface area contributed by atoms with Gasteiger partial charge in [0.05, 0.1) is 12.7 Å². The van der Waals surface area contributed by atoms with Crippen LogP contribution in [0.2, 0.25) is 0 Å². The average molecular weight is 222 g/mol. The van der Waals surface area contributed by atoms with Crippen LogP contribution in [0.25, 0.3) is 0 Å². The number of fused-ring (bicyclic) bond motifs is 5. The molecule has 1 saturated heterocycles. The lowest BCUT2D eigenvalue weighted by molar-refractivity contribution is 0.0284. The fraction of sp³-hybridized carbons (Fsp3) is 1.00. The van der Waals surface area contributed by atoms with Crippen molar-refractivity contribution in [3.05, 3.63) is 0 Å². The largest absolute Gasteiger partial charge is 0.374 e. The van der Waals surface area contributed by atoms with E-state index in [0.29, 0.717) is 6.10 Å². The highest BCUT2D eigenvalue weighted by Crippen LogP contribution is 2.65. The molecule has 1 heterocycles. The molecule has 5 unspecified atom stereocenters. The molecule has 0 aromatic rings.